The van der Waals surface area contributed by atoms with Crippen LogP contribution in [0.3, 0.4) is 0 Å². The van der Waals surface area contributed by atoms with Gasteiger partial charge in [-0.3, -0.25) is 0 Å². The molecule has 0 heterocycles. The number of rotatable bonds is 22. The molecule has 0 aromatic heterocycles. The molecule has 0 amide bonds. The topological polar surface area (TPSA) is 95.8 Å². The van der Waals surface area contributed by atoms with Crippen molar-refractivity contribution in [2.75, 3.05) is 39.6 Å². The maximum atomic E-state index is 9.28. The summed E-state index contributed by atoms with van der Waals surface area (Å²) in [5, 5.41) is 18.6. The summed E-state index contributed by atoms with van der Waals surface area (Å²) in [4.78, 5) is 0. The van der Waals surface area contributed by atoms with Crippen molar-refractivity contribution in [2.45, 2.75) is 116 Å². The zero-order valence-corrected chi connectivity index (χ0v) is 27.2. The van der Waals surface area contributed by atoms with Crippen molar-refractivity contribution < 1.29 is 37.4 Å². The lowest BCUT2D eigenvalue weighted by Crippen LogP contribution is -2.52. The Morgan fingerprint density at radius 3 is 1.23 bits per heavy atom. The van der Waals surface area contributed by atoms with Crippen LogP contribution in [-0.2, 0) is 27.2 Å². The van der Waals surface area contributed by atoms with Gasteiger partial charge in [-0.25, -0.2) is 0 Å². The highest BCUT2D eigenvalue weighted by Gasteiger charge is 2.39. The van der Waals surface area contributed by atoms with Crippen LogP contribution in [-0.4, -0.2) is 99.5 Å². The van der Waals surface area contributed by atoms with Crippen LogP contribution < -0.4 is 0 Å². The van der Waals surface area contributed by atoms with Crippen molar-refractivity contribution in [1.82, 2.24) is 0 Å². The van der Waals surface area contributed by atoms with E-state index in [0.717, 1.165) is 24.9 Å². The summed E-state index contributed by atoms with van der Waals surface area (Å²) >= 11 is 0. The van der Waals surface area contributed by atoms with E-state index in [4.69, 9.17) is 27.2 Å². The Kier molecular flexibility index (Phi) is 17.9. The van der Waals surface area contributed by atoms with Gasteiger partial charge < -0.3 is 37.4 Å². The molecule has 0 radical (unpaired) electrons. The second-order valence-corrected chi connectivity index (χ2v) is 23.9. The van der Waals surface area contributed by atoms with Gasteiger partial charge in [0.15, 0.2) is 16.6 Å². The molecule has 0 saturated heterocycles. The number of ether oxygens (including phenoxy) is 4. The molecule has 2 N–H and O–H groups in total. The zero-order valence-electron chi connectivity index (χ0n) is 24.2. The van der Waals surface area contributed by atoms with Crippen molar-refractivity contribution >= 4 is 25.2 Å². The van der Waals surface area contributed by atoms with Gasteiger partial charge >= 0.3 is 8.56 Å². The van der Waals surface area contributed by atoms with Crippen LogP contribution in [0.4, 0.5) is 0 Å². The molecule has 0 aliphatic rings. The average molecular weight is 557 g/mol. The molecule has 0 aromatic rings. The Hall–Kier alpha value is 0.331. The summed E-state index contributed by atoms with van der Waals surface area (Å²) in [5.41, 5.74) is 0. The van der Waals surface area contributed by atoms with Gasteiger partial charge in [-0.1, -0.05) is 0 Å². The Morgan fingerprint density at radius 1 is 0.571 bits per heavy atom. The third-order valence-corrected chi connectivity index (χ3v) is 16.6. The summed E-state index contributed by atoms with van der Waals surface area (Å²) in [5.74, 6) is 0. The van der Waals surface area contributed by atoms with E-state index in [1.54, 1.807) is 13.8 Å². The van der Waals surface area contributed by atoms with Crippen molar-refractivity contribution in [1.29, 1.82) is 0 Å². The molecule has 35 heavy (non-hydrogen) atoms. The molecule has 0 aliphatic carbocycles. The third kappa shape index (κ3) is 22.1. The fraction of sp³-hybridized carbons (Fsp3) is 1.00. The molecule has 0 spiro atoms. The number of aliphatic hydroxyl groups is 2. The van der Waals surface area contributed by atoms with Crippen LogP contribution in [0.5, 0.6) is 0 Å². The van der Waals surface area contributed by atoms with E-state index < -0.39 is 37.4 Å². The highest BCUT2D eigenvalue weighted by atomic mass is 28.5. The van der Waals surface area contributed by atoms with Crippen LogP contribution in [0.25, 0.3) is 0 Å². The molecule has 0 fully saturated rings. The number of aliphatic hydroxyl groups excluding tert-OH is 2. The van der Waals surface area contributed by atoms with Crippen molar-refractivity contribution in [3.63, 3.8) is 0 Å². The van der Waals surface area contributed by atoms with Crippen LogP contribution in [0.2, 0.25) is 51.4 Å². The second-order valence-electron chi connectivity index (χ2n) is 11.5. The molecule has 0 aliphatic heterocycles. The first kappa shape index (κ1) is 35.3. The van der Waals surface area contributed by atoms with Gasteiger partial charge in [0, 0.05) is 13.2 Å². The van der Waals surface area contributed by atoms with E-state index in [-0.39, 0.29) is 12.2 Å². The van der Waals surface area contributed by atoms with E-state index in [1.165, 1.54) is 0 Å². The summed E-state index contributed by atoms with van der Waals surface area (Å²) in [6.45, 7) is 23.9. The van der Waals surface area contributed by atoms with Crippen LogP contribution >= 0.6 is 0 Å². The average Bonchev–Trinajstić information content (AvgIpc) is 2.68. The van der Waals surface area contributed by atoms with Crippen molar-refractivity contribution in [2.24, 2.45) is 0 Å². The normalized spacial score (nSPS) is 16.8. The Balaban J connectivity index is 4.19. The molecule has 8 nitrogen and oxygen atoms in total. The molecule has 0 aromatic carbocycles. The maximum absolute atomic E-state index is 9.28. The second kappa shape index (κ2) is 17.8. The smallest absolute Gasteiger partial charge is 0.311 e. The summed E-state index contributed by atoms with van der Waals surface area (Å²) in [6, 6.07) is 2.06. The monoisotopic (exact) mass is 556 g/mol. The first-order valence-electron chi connectivity index (χ1n) is 13.2. The van der Waals surface area contributed by atoms with Crippen molar-refractivity contribution in [3.05, 3.63) is 0 Å². The quantitative estimate of drug-likeness (QED) is 0.148. The highest BCUT2D eigenvalue weighted by molar-refractivity contribution is 6.87. The summed E-state index contributed by atoms with van der Waals surface area (Å²) in [6.07, 6.45) is 0.987. The number of hydrogen-bond acceptors (Lipinski definition) is 8. The first-order chi connectivity index (χ1) is 16.0. The van der Waals surface area contributed by atoms with E-state index in [2.05, 4.69) is 39.3 Å². The molecular weight excluding hydrogens is 501 g/mol. The van der Waals surface area contributed by atoms with Gasteiger partial charge in [0.1, 0.15) is 0 Å². The van der Waals surface area contributed by atoms with Crippen LogP contribution in [0.1, 0.15) is 40.5 Å². The molecule has 11 heteroatoms. The van der Waals surface area contributed by atoms with Gasteiger partial charge in [-0.05, 0) is 91.9 Å². The Labute approximate surface area is 218 Å². The minimum atomic E-state index is -2.24. The van der Waals surface area contributed by atoms with Crippen LogP contribution in [0, 0.1) is 0 Å². The lowest BCUT2D eigenvalue weighted by atomic mass is 10.4. The van der Waals surface area contributed by atoms with E-state index in [0.29, 0.717) is 39.6 Å². The van der Waals surface area contributed by atoms with E-state index >= 15 is 0 Å². The minimum absolute atomic E-state index is 0.0183. The predicted octanol–water partition coefficient (Wildman–Crippen LogP) is 4.52. The first-order valence-corrected chi connectivity index (χ1v) is 22.2. The molecule has 4 atom stereocenters. The summed E-state index contributed by atoms with van der Waals surface area (Å²) in [7, 11) is -5.96. The maximum Gasteiger partial charge on any atom is 0.311 e. The van der Waals surface area contributed by atoms with Gasteiger partial charge in [0.05, 0.1) is 50.8 Å². The molecule has 0 rings (SSSR count). The van der Waals surface area contributed by atoms with Gasteiger partial charge in [0.2, 0.25) is 0 Å². The third-order valence-electron chi connectivity index (χ3n) is 5.13. The van der Waals surface area contributed by atoms with Gasteiger partial charge in [-0.15, -0.1) is 0 Å². The van der Waals surface area contributed by atoms with Gasteiger partial charge in [0.25, 0.3) is 0 Å². The van der Waals surface area contributed by atoms with E-state index in [9.17, 15) is 10.2 Å². The molecule has 0 saturated carbocycles. The zero-order chi connectivity index (χ0) is 27.1. The minimum Gasteiger partial charge on any atom is -0.437 e. The standard InChI is InChI=1S/C24H56O8Si3/c1-21(25)17-29-23(3)19-27-13-11-15-33(5,6)31-35(9,10)32-34(7,8)16-12-14-28-20-24(4)30-18-22(2)26/h21-26H,11-20H2,1-10H3. The fourth-order valence-electron chi connectivity index (χ4n) is 3.86. The van der Waals surface area contributed by atoms with Gasteiger partial charge in [-0.2, -0.15) is 0 Å². The van der Waals surface area contributed by atoms with Crippen molar-refractivity contribution in [3.8, 4) is 0 Å². The summed E-state index contributed by atoms with van der Waals surface area (Å²) < 4.78 is 35.9. The fourth-order valence-corrected chi connectivity index (χ4v) is 17.9. The largest absolute Gasteiger partial charge is 0.437 e. The lowest BCUT2D eigenvalue weighted by Gasteiger charge is -2.38. The van der Waals surface area contributed by atoms with E-state index in [1.807, 2.05) is 13.8 Å². The SMILES string of the molecule is CC(O)COC(C)COCCC[Si](C)(C)O[Si](C)(C)O[Si](C)(C)CCCOCC(C)OCC(C)O. The molecule has 212 valence electrons. The number of hydrogen-bond donors (Lipinski definition) is 2. The lowest BCUT2D eigenvalue weighted by molar-refractivity contribution is -0.0363. The van der Waals surface area contributed by atoms with Crippen LogP contribution in [0.15, 0.2) is 0 Å². The Bertz CT molecular complexity index is 489. The molecule has 0 bridgehead atoms. The molecular formula is C24H56O8Si3. The predicted molar refractivity (Wildman–Crippen MR) is 149 cm³/mol. The molecule has 4 unspecified atom stereocenters. The highest BCUT2D eigenvalue weighted by Crippen LogP contribution is 2.26. The Morgan fingerprint density at radius 2 is 0.914 bits per heavy atom.